The number of carbonyl (C=O) groups is 3. The van der Waals surface area contributed by atoms with Gasteiger partial charge in [0.25, 0.3) is 0 Å². The van der Waals surface area contributed by atoms with Crippen LogP contribution in [0.15, 0.2) is 54.6 Å². The molecule has 1 saturated heterocycles. The number of amides is 2. The summed E-state index contributed by atoms with van der Waals surface area (Å²) in [6.07, 6.45) is 2.56. The van der Waals surface area contributed by atoms with Gasteiger partial charge in [0.2, 0.25) is 11.8 Å². The average Bonchev–Trinajstić information content (AvgIpc) is 3.21. The number of hydrogen-bond donors (Lipinski definition) is 0. The van der Waals surface area contributed by atoms with Crippen molar-refractivity contribution in [3.8, 4) is 0 Å². The molecule has 28 heavy (non-hydrogen) atoms. The lowest BCUT2D eigenvalue weighted by molar-refractivity contribution is -0.135. The first-order chi connectivity index (χ1) is 13.6. The van der Waals surface area contributed by atoms with Gasteiger partial charge in [-0.25, -0.2) is 0 Å². The van der Waals surface area contributed by atoms with Gasteiger partial charge in [-0.15, -0.1) is 0 Å². The molecule has 0 spiro atoms. The number of nitrogens with zero attached hydrogens (tertiary/aromatic N) is 2. The van der Waals surface area contributed by atoms with Crippen molar-refractivity contribution in [2.75, 3.05) is 11.4 Å². The van der Waals surface area contributed by atoms with Crippen molar-refractivity contribution in [1.29, 1.82) is 0 Å². The standard InChI is InChI=1S/C22H23ClN2O3/c23-18-10-8-17(9-11-18)15-25(19-5-2-1-3-6-19)22(28)13-12-21(27)24-14-4-7-20(24)16-26/h1-3,5-6,8-11,16,20H,4,7,12-15H2/t20-/m0/s1. The van der Waals surface area contributed by atoms with Gasteiger partial charge in [0, 0.05) is 30.1 Å². The van der Waals surface area contributed by atoms with Gasteiger partial charge in [-0.3, -0.25) is 9.59 Å². The SMILES string of the molecule is O=C[C@@H]1CCCN1C(=O)CCC(=O)N(Cc1ccc(Cl)cc1)c1ccccc1. The Labute approximate surface area is 169 Å². The van der Waals surface area contributed by atoms with Crippen LogP contribution in [0.3, 0.4) is 0 Å². The molecule has 1 atom stereocenters. The van der Waals surface area contributed by atoms with Crippen molar-refractivity contribution < 1.29 is 14.4 Å². The zero-order valence-electron chi connectivity index (χ0n) is 15.6. The molecule has 2 aromatic rings. The maximum absolute atomic E-state index is 12.9. The number of para-hydroxylation sites is 1. The number of aldehydes is 1. The van der Waals surface area contributed by atoms with Gasteiger partial charge in [-0.05, 0) is 42.7 Å². The van der Waals surface area contributed by atoms with Crippen molar-refractivity contribution in [1.82, 2.24) is 4.90 Å². The van der Waals surface area contributed by atoms with Crippen LogP contribution < -0.4 is 4.90 Å². The first-order valence-corrected chi connectivity index (χ1v) is 9.81. The molecule has 2 aromatic carbocycles. The Morgan fingerprint density at radius 1 is 1.07 bits per heavy atom. The number of rotatable bonds is 7. The fourth-order valence-electron chi connectivity index (χ4n) is 3.44. The lowest BCUT2D eigenvalue weighted by Gasteiger charge is -2.24. The molecule has 1 aliphatic rings. The van der Waals surface area contributed by atoms with Crippen molar-refractivity contribution in [3.05, 3.63) is 65.2 Å². The second-order valence-corrected chi connectivity index (χ2v) is 7.31. The maximum Gasteiger partial charge on any atom is 0.227 e. The predicted octanol–water partition coefficient (Wildman–Crippen LogP) is 3.84. The van der Waals surface area contributed by atoms with E-state index in [1.165, 1.54) is 0 Å². The van der Waals surface area contributed by atoms with Gasteiger partial charge >= 0.3 is 0 Å². The number of hydrogen-bond acceptors (Lipinski definition) is 3. The second-order valence-electron chi connectivity index (χ2n) is 6.87. The van der Waals surface area contributed by atoms with Crippen LogP contribution in [0.1, 0.15) is 31.2 Å². The molecule has 1 heterocycles. The van der Waals surface area contributed by atoms with Crippen LogP contribution in [0.25, 0.3) is 0 Å². The molecule has 0 unspecified atom stereocenters. The number of benzene rings is 2. The minimum absolute atomic E-state index is 0.101. The second kappa shape index (κ2) is 9.51. The zero-order chi connectivity index (χ0) is 19.9. The number of halogens is 1. The lowest BCUT2D eigenvalue weighted by Crippen LogP contribution is -2.37. The Bertz CT molecular complexity index is 823. The van der Waals surface area contributed by atoms with Gasteiger partial charge in [-0.1, -0.05) is 41.9 Å². The highest BCUT2D eigenvalue weighted by molar-refractivity contribution is 6.30. The summed E-state index contributed by atoms with van der Waals surface area (Å²) >= 11 is 5.95. The quantitative estimate of drug-likeness (QED) is 0.666. The van der Waals surface area contributed by atoms with Crippen molar-refractivity contribution in [2.45, 2.75) is 38.3 Å². The maximum atomic E-state index is 12.9. The molecule has 0 radical (unpaired) electrons. The van der Waals surface area contributed by atoms with E-state index in [0.29, 0.717) is 24.5 Å². The summed E-state index contributed by atoms with van der Waals surface area (Å²) in [6.45, 7) is 0.985. The topological polar surface area (TPSA) is 57.7 Å². The molecule has 0 bridgehead atoms. The van der Waals surface area contributed by atoms with Crippen molar-refractivity contribution in [3.63, 3.8) is 0 Å². The molecule has 5 nitrogen and oxygen atoms in total. The Morgan fingerprint density at radius 3 is 2.46 bits per heavy atom. The van der Waals surface area contributed by atoms with Crippen molar-refractivity contribution in [2.24, 2.45) is 0 Å². The van der Waals surface area contributed by atoms with Gasteiger partial charge < -0.3 is 14.6 Å². The molecule has 0 N–H and O–H groups in total. The van der Waals surface area contributed by atoms with Gasteiger partial charge in [0.15, 0.2) is 0 Å². The van der Waals surface area contributed by atoms with Crippen LogP contribution in [0.4, 0.5) is 5.69 Å². The molecular weight excluding hydrogens is 376 g/mol. The first kappa shape index (κ1) is 20.1. The average molecular weight is 399 g/mol. The Balaban J connectivity index is 1.69. The lowest BCUT2D eigenvalue weighted by atomic mass is 10.1. The van der Waals surface area contributed by atoms with E-state index in [1.807, 2.05) is 42.5 Å². The van der Waals surface area contributed by atoms with E-state index in [9.17, 15) is 14.4 Å². The molecule has 6 heteroatoms. The van der Waals surface area contributed by atoms with E-state index in [0.717, 1.165) is 24.0 Å². The highest BCUT2D eigenvalue weighted by atomic mass is 35.5. The Hall–Kier alpha value is -2.66. The van der Waals surface area contributed by atoms with Crippen LogP contribution in [0, 0.1) is 0 Å². The van der Waals surface area contributed by atoms with E-state index in [1.54, 1.807) is 21.9 Å². The van der Waals surface area contributed by atoms with E-state index >= 15 is 0 Å². The summed E-state index contributed by atoms with van der Waals surface area (Å²) in [4.78, 5) is 39.8. The number of carbonyl (C=O) groups excluding carboxylic acids is 3. The fourth-order valence-corrected chi connectivity index (χ4v) is 3.57. The summed E-state index contributed by atoms with van der Waals surface area (Å²) in [7, 11) is 0. The Morgan fingerprint density at radius 2 is 1.79 bits per heavy atom. The van der Waals surface area contributed by atoms with Gasteiger partial charge in [0.05, 0.1) is 12.6 Å². The molecule has 0 aliphatic carbocycles. The minimum atomic E-state index is -0.345. The summed E-state index contributed by atoms with van der Waals surface area (Å²) < 4.78 is 0. The third-order valence-corrected chi connectivity index (χ3v) is 5.20. The minimum Gasteiger partial charge on any atom is -0.333 e. The summed E-state index contributed by atoms with van der Waals surface area (Å²) in [5.74, 6) is -0.265. The van der Waals surface area contributed by atoms with E-state index < -0.39 is 0 Å². The summed E-state index contributed by atoms with van der Waals surface area (Å²) in [6, 6.07) is 16.4. The normalized spacial score (nSPS) is 16.0. The van der Waals surface area contributed by atoms with Crippen LogP contribution in [0.5, 0.6) is 0 Å². The van der Waals surface area contributed by atoms with Crippen LogP contribution >= 0.6 is 11.6 Å². The smallest absolute Gasteiger partial charge is 0.227 e. The molecule has 0 aromatic heterocycles. The summed E-state index contributed by atoms with van der Waals surface area (Å²) in [5.41, 5.74) is 1.73. The number of anilines is 1. The largest absolute Gasteiger partial charge is 0.333 e. The predicted molar refractivity (Wildman–Crippen MR) is 109 cm³/mol. The molecule has 3 rings (SSSR count). The molecule has 0 saturated carbocycles. The number of likely N-dealkylation sites (tertiary alicyclic amines) is 1. The van der Waals surface area contributed by atoms with E-state index in [4.69, 9.17) is 11.6 Å². The monoisotopic (exact) mass is 398 g/mol. The third-order valence-electron chi connectivity index (χ3n) is 4.95. The van der Waals surface area contributed by atoms with Gasteiger partial charge in [-0.2, -0.15) is 0 Å². The van der Waals surface area contributed by atoms with Crippen LogP contribution in [0.2, 0.25) is 5.02 Å². The van der Waals surface area contributed by atoms with Crippen LogP contribution in [-0.4, -0.2) is 35.6 Å². The molecule has 1 fully saturated rings. The molecular formula is C22H23ClN2O3. The molecule has 1 aliphatic heterocycles. The molecule has 146 valence electrons. The highest BCUT2D eigenvalue weighted by Crippen LogP contribution is 2.21. The summed E-state index contributed by atoms with van der Waals surface area (Å²) in [5, 5.41) is 0.641. The zero-order valence-corrected chi connectivity index (χ0v) is 16.3. The van der Waals surface area contributed by atoms with E-state index in [-0.39, 0.29) is 30.7 Å². The van der Waals surface area contributed by atoms with Crippen LogP contribution in [-0.2, 0) is 20.9 Å². The first-order valence-electron chi connectivity index (χ1n) is 9.43. The Kier molecular flexibility index (Phi) is 6.82. The fraction of sp³-hybridized carbons (Fsp3) is 0.318. The highest BCUT2D eigenvalue weighted by Gasteiger charge is 2.28. The third kappa shape index (κ3) is 4.98. The van der Waals surface area contributed by atoms with E-state index in [2.05, 4.69) is 0 Å². The van der Waals surface area contributed by atoms with Gasteiger partial charge in [0.1, 0.15) is 6.29 Å². The van der Waals surface area contributed by atoms with Crippen molar-refractivity contribution >= 4 is 35.4 Å². The molecule has 2 amide bonds.